The zero-order valence-electron chi connectivity index (χ0n) is 19.8. The third kappa shape index (κ3) is 3.94. The number of nitrogens with zero attached hydrogens (tertiary/aromatic N) is 6. The van der Waals surface area contributed by atoms with Crippen LogP contribution in [0.1, 0.15) is 12.5 Å². The molecule has 0 bridgehead atoms. The molecule has 176 valence electrons. The second kappa shape index (κ2) is 8.17. The molecule has 4 aromatic heterocycles. The molecule has 0 aliphatic carbocycles. The van der Waals surface area contributed by atoms with E-state index in [-0.39, 0.29) is 13.1 Å². The number of fused-ring (bicyclic) bond motifs is 3. The molecular formula is C23H23B2FN6O3. The molecular weight excluding hydrogens is 449 g/mol. The van der Waals surface area contributed by atoms with Crippen molar-refractivity contribution in [1.29, 1.82) is 0 Å². The Balaban J connectivity index is 1.81. The Bertz CT molecular complexity index is 1670. The summed E-state index contributed by atoms with van der Waals surface area (Å²) in [6.45, 7) is 2.06. The number of hydrogen-bond acceptors (Lipinski definition) is 6. The lowest BCUT2D eigenvalue weighted by molar-refractivity contribution is -0.0123. The van der Waals surface area contributed by atoms with Gasteiger partial charge in [0.25, 0.3) is 0 Å². The summed E-state index contributed by atoms with van der Waals surface area (Å²) in [5.74, 6) is -0.916. The first kappa shape index (κ1) is 23.0. The highest BCUT2D eigenvalue weighted by Crippen LogP contribution is 2.32. The number of pyridine rings is 2. The standard InChI is InChI=1S/C23H23B2FN6O3/c1-4-12-5-18-16(7-15(12)13-8-29-30(2)11-13)20-19(10-27-18)31(3)22(33)32(20)21-17(26)6-14(9-28-21)25-23(24,34)35/h5-11,25,34-35H,4,24H2,1-3H3. The summed E-state index contributed by atoms with van der Waals surface area (Å²) >= 11 is 0. The summed E-state index contributed by atoms with van der Waals surface area (Å²) in [4.78, 5) is 22.1. The number of aryl methyl sites for hydroxylation is 3. The fourth-order valence-electron chi connectivity index (χ4n) is 4.52. The van der Waals surface area contributed by atoms with Crippen LogP contribution in [-0.2, 0) is 20.5 Å². The molecule has 0 unspecified atom stereocenters. The first-order chi connectivity index (χ1) is 16.6. The van der Waals surface area contributed by atoms with Crippen molar-refractivity contribution in [1.82, 2.24) is 28.9 Å². The summed E-state index contributed by atoms with van der Waals surface area (Å²) in [6.07, 6.45) is 7.42. The van der Waals surface area contributed by atoms with Gasteiger partial charge in [0.1, 0.15) is 0 Å². The number of rotatable bonds is 5. The third-order valence-electron chi connectivity index (χ3n) is 6.13. The Morgan fingerprint density at radius 1 is 1.14 bits per heavy atom. The van der Waals surface area contributed by atoms with E-state index < -0.39 is 17.1 Å². The van der Waals surface area contributed by atoms with Gasteiger partial charge in [-0.05, 0) is 35.7 Å². The minimum atomic E-state index is -2.01. The van der Waals surface area contributed by atoms with E-state index in [2.05, 4.69) is 22.0 Å². The van der Waals surface area contributed by atoms with Gasteiger partial charge in [-0.2, -0.15) is 5.10 Å². The average molecular weight is 472 g/mol. The number of aliphatic hydroxyl groups is 2. The Kier molecular flexibility index (Phi) is 5.37. The molecule has 2 N–H and O–H groups in total. The summed E-state index contributed by atoms with van der Waals surface area (Å²) in [6, 6.07) is 5.11. The Morgan fingerprint density at radius 3 is 2.54 bits per heavy atom. The summed E-state index contributed by atoms with van der Waals surface area (Å²) in [7, 11) is 4.45. The van der Waals surface area contributed by atoms with Crippen molar-refractivity contribution in [3.8, 4) is 16.9 Å². The fourth-order valence-corrected chi connectivity index (χ4v) is 4.52. The van der Waals surface area contributed by atoms with Crippen LogP contribution in [0.4, 0.5) is 4.39 Å². The van der Waals surface area contributed by atoms with E-state index >= 15 is 4.39 Å². The smallest absolute Gasteiger partial charge is 0.334 e. The van der Waals surface area contributed by atoms with Crippen molar-refractivity contribution >= 4 is 42.5 Å². The molecule has 0 aliphatic heterocycles. The van der Waals surface area contributed by atoms with Crippen LogP contribution in [0, 0.1) is 5.82 Å². The van der Waals surface area contributed by atoms with Crippen molar-refractivity contribution in [2.45, 2.75) is 18.9 Å². The molecule has 5 aromatic rings. The number of benzene rings is 1. The van der Waals surface area contributed by atoms with Crippen molar-refractivity contribution in [2.24, 2.45) is 14.1 Å². The maximum absolute atomic E-state index is 15.3. The molecule has 0 spiro atoms. The second-order valence-electron chi connectivity index (χ2n) is 8.99. The van der Waals surface area contributed by atoms with Crippen LogP contribution in [0.2, 0.25) is 0 Å². The normalized spacial score (nSPS) is 12.1. The van der Waals surface area contributed by atoms with Crippen LogP contribution in [0.25, 0.3) is 38.9 Å². The quantitative estimate of drug-likeness (QED) is 0.268. The van der Waals surface area contributed by atoms with Crippen LogP contribution < -0.4 is 11.2 Å². The van der Waals surface area contributed by atoms with Gasteiger partial charge in [0, 0.05) is 37.4 Å². The van der Waals surface area contributed by atoms with E-state index in [0.29, 0.717) is 27.4 Å². The zero-order chi connectivity index (χ0) is 25.1. The summed E-state index contributed by atoms with van der Waals surface area (Å²) < 4.78 is 19.6. The lowest BCUT2D eigenvalue weighted by atomic mass is 9.54. The monoisotopic (exact) mass is 472 g/mol. The second-order valence-corrected chi connectivity index (χ2v) is 8.99. The lowest BCUT2D eigenvalue weighted by Gasteiger charge is -2.15. The number of hydrogen-bond donors (Lipinski definition) is 2. The SMILES string of the molecule is BC(O)(O)Bc1cnc(-n2c(=O)n(C)c3cnc4cc(CC)c(-c5cnn(C)c5)cc4c32)c(F)c1. The van der Waals surface area contributed by atoms with E-state index in [9.17, 15) is 15.0 Å². The van der Waals surface area contributed by atoms with Gasteiger partial charge in [-0.25, -0.2) is 18.7 Å². The van der Waals surface area contributed by atoms with Crippen molar-refractivity contribution in [2.75, 3.05) is 0 Å². The molecule has 4 heterocycles. The van der Waals surface area contributed by atoms with Crippen LogP contribution in [0.3, 0.4) is 0 Å². The van der Waals surface area contributed by atoms with Gasteiger partial charge >= 0.3 is 5.69 Å². The van der Waals surface area contributed by atoms with Gasteiger partial charge in [0.2, 0.25) is 7.28 Å². The van der Waals surface area contributed by atoms with Crippen molar-refractivity contribution in [3.05, 3.63) is 64.9 Å². The predicted molar refractivity (Wildman–Crippen MR) is 136 cm³/mol. The molecule has 5 rings (SSSR count). The van der Waals surface area contributed by atoms with E-state index in [1.165, 1.54) is 23.2 Å². The Hall–Kier alpha value is -3.76. The lowest BCUT2D eigenvalue weighted by Crippen LogP contribution is -2.43. The highest BCUT2D eigenvalue weighted by atomic mass is 19.1. The van der Waals surface area contributed by atoms with Crippen LogP contribution >= 0.6 is 0 Å². The minimum Gasteiger partial charge on any atom is -0.382 e. The number of halogens is 1. The maximum Gasteiger partial charge on any atom is 0.334 e. The van der Waals surface area contributed by atoms with E-state index in [4.69, 9.17) is 0 Å². The highest BCUT2D eigenvalue weighted by Gasteiger charge is 2.23. The largest absolute Gasteiger partial charge is 0.382 e. The molecule has 0 saturated carbocycles. The van der Waals surface area contributed by atoms with Gasteiger partial charge in [-0.15, -0.1) is 0 Å². The van der Waals surface area contributed by atoms with Crippen LogP contribution in [0.15, 0.2) is 47.8 Å². The molecule has 0 aliphatic rings. The van der Waals surface area contributed by atoms with Gasteiger partial charge in [0.15, 0.2) is 19.5 Å². The molecule has 0 saturated heterocycles. The molecule has 35 heavy (non-hydrogen) atoms. The van der Waals surface area contributed by atoms with Crippen LogP contribution in [-0.4, -0.2) is 59.8 Å². The van der Waals surface area contributed by atoms with Gasteiger partial charge in [-0.3, -0.25) is 14.2 Å². The van der Waals surface area contributed by atoms with Crippen molar-refractivity contribution < 1.29 is 14.6 Å². The number of imidazole rings is 1. The maximum atomic E-state index is 15.3. The number of aromatic nitrogens is 6. The fraction of sp³-hybridized carbons (Fsp3) is 0.217. The van der Waals surface area contributed by atoms with Gasteiger partial charge < -0.3 is 10.2 Å². The molecule has 0 atom stereocenters. The molecule has 0 radical (unpaired) electrons. The first-order valence-corrected chi connectivity index (χ1v) is 11.2. The molecule has 9 nitrogen and oxygen atoms in total. The average Bonchev–Trinajstić information content (AvgIpc) is 3.33. The molecule has 0 fully saturated rings. The highest BCUT2D eigenvalue weighted by molar-refractivity contribution is 6.63. The Morgan fingerprint density at radius 2 is 1.91 bits per heavy atom. The van der Waals surface area contributed by atoms with Gasteiger partial charge in [-0.1, -0.05) is 12.4 Å². The third-order valence-corrected chi connectivity index (χ3v) is 6.13. The minimum absolute atomic E-state index is 0.170. The predicted octanol–water partition coefficient (Wildman–Crippen LogP) is -0.335. The van der Waals surface area contributed by atoms with Crippen LogP contribution in [0.5, 0.6) is 0 Å². The van der Waals surface area contributed by atoms with Gasteiger partial charge in [0.05, 0.1) is 34.5 Å². The molecule has 0 amide bonds. The molecule has 1 aromatic carbocycles. The Labute approximate surface area is 201 Å². The van der Waals surface area contributed by atoms with E-state index in [0.717, 1.165) is 29.2 Å². The molecule has 12 heteroatoms. The topological polar surface area (TPSA) is 111 Å². The van der Waals surface area contributed by atoms with Crippen molar-refractivity contribution in [3.63, 3.8) is 0 Å². The van der Waals surface area contributed by atoms with E-state index in [1.54, 1.807) is 24.1 Å². The van der Waals surface area contributed by atoms with E-state index in [1.807, 2.05) is 25.4 Å². The summed E-state index contributed by atoms with van der Waals surface area (Å²) in [5.41, 5.74) is 2.48. The summed E-state index contributed by atoms with van der Waals surface area (Å²) in [5, 5.41) is 24.3. The zero-order valence-corrected chi connectivity index (χ0v) is 19.8. The first-order valence-electron chi connectivity index (χ1n) is 11.2.